The molecule has 4 rings (SSSR count). The fraction of sp³-hybridized carbons (Fsp3) is 0.167. The molecule has 10 heteroatoms. The number of primary sulfonamides is 1. The van der Waals surface area contributed by atoms with Crippen molar-refractivity contribution in [3.63, 3.8) is 0 Å². The minimum absolute atomic E-state index is 0.0858. The Labute approximate surface area is 196 Å². The molecule has 0 saturated carbocycles. The van der Waals surface area contributed by atoms with Gasteiger partial charge in [-0.3, -0.25) is 19.4 Å². The highest BCUT2D eigenvalue weighted by molar-refractivity contribution is 7.89. The van der Waals surface area contributed by atoms with E-state index in [1.807, 2.05) is 13.0 Å². The highest BCUT2D eigenvalue weighted by atomic mass is 32.2. The molecule has 2 heterocycles. The molecule has 2 N–H and O–H groups in total. The van der Waals surface area contributed by atoms with Crippen molar-refractivity contribution < 1.29 is 22.8 Å². The van der Waals surface area contributed by atoms with Gasteiger partial charge < -0.3 is 4.90 Å². The highest BCUT2D eigenvalue weighted by Crippen LogP contribution is 2.28. The number of nitrogens with two attached hydrogens (primary N) is 1. The van der Waals surface area contributed by atoms with Crippen LogP contribution in [-0.2, 0) is 26.2 Å². The first kappa shape index (κ1) is 23.3. The van der Waals surface area contributed by atoms with Crippen LogP contribution in [0.1, 0.15) is 27.9 Å². The fourth-order valence-electron chi connectivity index (χ4n) is 3.87. The maximum atomic E-state index is 13.5. The number of hydrogen-bond acceptors (Lipinski definition) is 6. The first-order chi connectivity index (χ1) is 16.1. The van der Waals surface area contributed by atoms with Gasteiger partial charge in [0, 0.05) is 24.5 Å². The van der Waals surface area contributed by atoms with Crippen molar-refractivity contribution in [3.05, 3.63) is 89.7 Å². The maximum Gasteiger partial charge on any atom is 0.257 e. The molecule has 0 spiro atoms. The lowest BCUT2D eigenvalue weighted by Crippen LogP contribution is -2.45. The van der Waals surface area contributed by atoms with Crippen molar-refractivity contribution in [2.24, 2.45) is 5.14 Å². The van der Waals surface area contributed by atoms with Crippen molar-refractivity contribution >= 4 is 33.4 Å². The summed E-state index contributed by atoms with van der Waals surface area (Å²) >= 11 is 0. The number of carbonyl (C=O) groups excluding carboxylic acids is 3. The average Bonchev–Trinajstić information content (AvgIpc) is 3.10. The fourth-order valence-corrected chi connectivity index (χ4v) is 4.39. The van der Waals surface area contributed by atoms with Crippen LogP contribution >= 0.6 is 0 Å². The van der Waals surface area contributed by atoms with E-state index in [1.165, 1.54) is 29.2 Å². The van der Waals surface area contributed by atoms with Crippen LogP contribution in [0, 0.1) is 6.92 Å². The zero-order chi connectivity index (χ0) is 24.5. The summed E-state index contributed by atoms with van der Waals surface area (Å²) in [7, 11) is -3.92. The summed E-state index contributed by atoms with van der Waals surface area (Å²) in [5, 5.41) is 5.12. The summed E-state index contributed by atoms with van der Waals surface area (Å²) in [6.45, 7) is 1.95. The molecule has 2 aromatic carbocycles. The number of aromatic nitrogens is 1. The minimum atomic E-state index is -3.92. The van der Waals surface area contributed by atoms with Gasteiger partial charge in [-0.1, -0.05) is 23.8 Å². The summed E-state index contributed by atoms with van der Waals surface area (Å²) in [6.07, 6.45) is 3.00. The maximum absolute atomic E-state index is 13.5. The Morgan fingerprint density at radius 1 is 1.12 bits per heavy atom. The number of imide groups is 1. The zero-order valence-electron chi connectivity index (χ0n) is 18.3. The van der Waals surface area contributed by atoms with Crippen LogP contribution in [0.5, 0.6) is 0 Å². The Hall–Kier alpha value is -3.89. The van der Waals surface area contributed by atoms with Gasteiger partial charge in [-0.15, -0.1) is 0 Å². The molecular formula is C24H22N4O5S. The number of amides is 3. The van der Waals surface area contributed by atoms with Gasteiger partial charge in [-0.25, -0.2) is 18.5 Å². The summed E-state index contributed by atoms with van der Waals surface area (Å²) in [5.41, 5.74) is 2.20. The number of anilines is 1. The van der Waals surface area contributed by atoms with E-state index < -0.39 is 27.9 Å². The Bertz CT molecular complexity index is 1360. The van der Waals surface area contributed by atoms with E-state index in [0.29, 0.717) is 11.1 Å². The molecule has 0 radical (unpaired) electrons. The first-order valence-electron chi connectivity index (χ1n) is 10.4. The van der Waals surface area contributed by atoms with Gasteiger partial charge in [-0.2, -0.15) is 0 Å². The molecular weight excluding hydrogens is 456 g/mol. The predicted octanol–water partition coefficient (Wildman–Crippen LogP) is 2.01. The second-order valence-electron chi connectivity index (χ2n) is 7.99. The summed E-state index contributed by atoms with van der Waals surface area (Å²) in [4.78, 5) is 46.0. The molecule has 1 aromatic heterocycles. The number of nitrogens with zero attached hydrogens (tertiary/aromatic N) is 3. The third-order valence-electron chi connectivity index (χ3n) is 5.52. The molecule has 0 aliphatic carbocycles. The molecule has 34 heavy (non-hydrogen) atoms. The normalized spacial score (nSPS) is 16.1. The molecule has 9 nitrogen and oxygen atoms in total. The standard InChI is InChI=1S/C24H22N4O5S/c1-16-4-2-6-18(12-16)23(30)27(15-17-5-3-11-26-14-17)21-13-22(29)28(24(21)31)19-7-9-20(10-8-19)34(25,32)33/h2-12,14,21H,13,15H2,1H3,(H2,25,32,33). The monoisotopic (exact) mass is 478 g/mol. The van der Waals surface area contributed by atoms with Gasteiger partial charge in [0.15, 0.2) is 0 Å². The molecule has 1 aliphatic rings. The van der Waals surface area contributed by atoms with E-state index in [4.69, 9.17) is 5.14 Å². The van der Waals surface area contributed by atoms with E-state index in [9.17, 15) is 22.8 Å². The lowest BCUT2D eigenvalue weighted by molar-refractivity contribution is -0.122. The van der Waals surface area contributed by atoms with E-state index >= 15 is 0 Å². The molecule has 1 aliphatic heterocycles. The molecule has 3 amide bonds. The van der Waals surface area contributed by atoms with Gasteiger partial charge in [0.25, 0.3) is 11.8 Å². The highest BCUT2D eigenvalue weighted by Gasteiger charge is 2.44. The van der Waals surface area contributed by atoms with Crippen molar-refractivity contribution in [3.8, 4) is 0 Å². The summed E-state index contributed by atoms with van der Waals surface area (Å²) < 4.78 is 23.0. The van der Waals surface area contributed by atoms with Gasteiger partial charge >= 0.3 is 0 Å². The number of benzene rings is 2. The van der Waals surface area contributed by atoms with Crippen LogP contribution in [0.3, 0.4) is 0 Å². The molecule has 0 bridgehead atoms. The number of pyridine rings is 1. The third-order valence-corrected chi connectivity index (χ3v) is 6.45. The van der Waals surface area contributed by atoms with Gasteiger partial charge in [-0.05, 0) is 55.0 Å². The van der Waals surface area contributed by atoms with Crippen LogP contribution < -0.4 is 10.0 Å². The molecule has 1 atom stereocenters. The van der Waals surface area contributed by atoms with E-state index in [1.54, 1.807) is 42.7 Å². The van der Waals surface area contributed by atoms with Crippen LogP contribution in [0.4, 0.5) is 5.69 Å². The number of carbonyl (C=O) groups is 3. The SMILES string of the molecule is Cc1cccc(C(=O)N(Cc2cccnc2)C2CC(=O)N(c3ccc(S(N)(=O)=O)cc3)C2=O)c1. The second-order valence-corrected chi connectivity index (χ2v) is 9.55. The number of aryl methyl sites for hydroxylation is 1. The minimum Gasteiger partial charge on any atom is -0.322 e. The van der Waals surface area contributed by atoms with Crippen LogP contribution in [0.15, 0.2) is 78.0 Å². The van der Waals surface area contributed by atoms with E-state index in [-0.39, 0.29) is 29.5 Å². The lowest BCUT2D eigenvalue weighted by atomic mass is 10.1. The average molecular weight is 479 g/mol. The van der Waals surface area contributed by atoms with Crippen LogP contribution in [0.25, 0.3) is 0 Å². The molecule has 3 aromatic rings. The largest absolute Gasteiger partial charge is 0.322 e. The number of sulfonamides is 1. The van der Waals surface area contributed by atoms with Crippen LogP contribution in [0.2, 0.25) is 0 Å². The molecule has 1 unspecified atom stereocenters. The molecule has 1 fully saturated rings. The topological polar surface area (TPSA) is 131 Å². The quantitative estimate of drug-likeness (QED) is 0.539. The predicted molar refractivity (Wildman–Crippen MR) is 124 cm³/mol. The Morgan fingerprint density at radius 3 is 2.47 bits per heavy atom. The third kappa shape index (κ3) is 4.73. The van der Waals surface area contributed by atoms with Crippen molar-refractivity contribution in [2.45, 2.75) is 30.8 Å². The number of hydrogen-bond donors (Lipinski definition) is 1. The zero-order valence-corrected chi connectivity index (χ0v) is 19.1. The smallest absolute Gasteiger partial charge is 0.257 e. The second kappa shape index (κ2) is 9.16. The van der Waals surface area contributed by atoms with Crippen molar-refractivity contribution in [2.75, 3.05) is 4.90 Å². The lowest BCUT2D eigenvalue weighted by Gasteiger charge is -2.28. The Balaban J connectivity index is 1.68. The first-order valence-corrected chi connectivity index (χ1v) is 12.0. The Morgan fingerprint density at radius 2 is 1.85 bits per heavy atom. The summed E-state index contributed by atoms with van der Waals surface area (Å²) in [5.74, 6) is -1.45. The van der Waals surface area contributed by atoms with E-state index in [2.05, 4.69) is 4.98 Å². The van der Waals surface area contributed by atoms with Gasteiger partial charge in [0.2, 0.25) is 15.9 Å². The summed E-state index contributed by atoms with van der Waals surface area (Å²) in [6, 6.07) is 14.6. The van der Waals surface area contributed by atoms with Crippen LogP contribution in [-0.4, -0.2) is 42.1 Å². The van der Waals surface area contributed by atoms with E-state index in [0.717, 1.165) is 10.5 Å². The molecule has 1 saturated heterocycles. The van der Waals surface area contributed by atoms with Gasteiger partial charge in [0.05, 0.1) is 17.0 Å². The van der Waals surface area contributed by atoms with Crippen molar-refractivity contribution in [1.29, 1.82) is 0 Å². The Kier molecular flexibility index (Phi) is 6.27. The van der Waals surface area contributed by atoms with Crippen molar-refractivity contribution in [1.82, 2.24) is 9.88 Å². The number of rotatable bonds is 6. The molecule has 174 valence electrons. The van der Waals surface area contributed by atoms with Gasteiger partial charge in [0.1, 0.15) is 6.04 Å².